The molecule has 0 saturated carbocycles. The zero-order valence-electron chi connectivity index (χ0n) is 4.98. The van der Waals surface area contributed by atoms with Crippen LogP contribution < -0.4 is 5.43 Å². The van der Waals surface area contributed by atoms with Crippen LogP contribution in [0.25, 0.3) is 0 Å². The third-order valence-corrected chi connectivity index (χ3v) is 1.20. The van der Waals surface area contributed by atoms with E-state index >= 15 is 0 Å². The topological polar surface area (TPSA) is 32.3 Å². The summed E-state index contributed by atoms with van der Waals surface area (Å²) in [5.41, 5.74) is 2.92. The van der Waals surface area contributed by atoms with E-state index in [-0.39, 0.29) is 5.91 Å². The summed E-state index contributed by atoms with van der Waals surface area (Å²) in [6, 6.07) is 0. The average Bonchev–Trinajstić information content (AvgIpc) is 1.79. The number of carbonyl (C=O) groups is 1. The third kappa shape index (κ3) is 0.816. The molecule has 0 radical (unpaired) electrons. The van der Waals surface area contributed by atoms with Crippen molar-refractivity contribution in [2.45, 2.75) is 13.3 Å². The fourth-order valence-electron chi connectivity index (χ4n) is 0.673. The Morgan fingerprint density at radius 1 is 1.88 bits per heavy atom. The van der Waals surface area contributed by atoms with Crippen molar-refractivity contribution in [1.82, 2.24) is 10.4 Å². The number of hydrogen-bond acceptors (Lipinski definition) is 2. The molecule has 0 aromatic heterocycles. The monoisotopic (exact) mass is 114 g/mol. The van der Waals surface area contributed by atoms with Gasteiger partial charge in [-0.05, 0) is 0 Å². The molecule has 0 unspecified atom stereocenters. The molecule has 8 heavy (non-hydrogen) atoms. The van der Waals surface area contributed by atoms with Crippen molar-refractivity contribution in [3.05, 3.63) is 0 Å². The van der Waals surface area contributed by atoms with E-state index in [4.69, 9.17) is 0 Å². The molecule has 1 N–H and O–H groups in total. The van der Waals surface area contributed by atoms with Crippen LogP contribution in [-0.4, -0.2) is 24.0 Å². The molecule has 3 heteroatoms. The number of rotatable bonds is 2. The van der Waals surface area contributed by atoms with E-state index in [9.17, 15) is 4.79 Å². The second-order valence-corrected chi connectivity index (χ2v) is 1.81. The Morgan fingerprint density at radius 3 is 2.75 bits per heavy atom. The molecule has 0 aromatic rings. The number of amides is 1. The van der Waals surface area contributed by atoms with Gasteiger partial charge < -0.3 is 0 Å². The zero-order chi connectivity index (χ0) is 5.98. The molecule has 1 amide bonds. The highest BCUT2D eigenvalue weighted by atomic mass is 16.2. The number of nitrogens with one attached hydrogen (secondary N) is 1. The summed E-state index contributed by atoms with van der Waals surface area (Å²) in [5, 5.41) is 1.64. The Kier molecular flexibility index (Phi) is 1.48. The minimum Gasteiger partial charge on any atom is -0.277 e. The van der Waals surface area contributed by atoms with Crippen molar-refractivity contribution in [1.29, 1.82) is 0 Å². The Labute approximate surface area is 48.6 Å². The summed E-state index contributed by atoms with van der Waals surface area (Å²) in [5.74, 6) is 0.215. The van der Waals surface area contributed by atoms with Crippen LogP contribution in [-0.2, 0) is 4.79 Å². The van der Waals surface area contributed by atoms with Crippen LogP contribution in [0.2, 0.25) is 0 Å². The molecular formula is C5H10N2O. The summed E-state index contributed by atoms with van der Waals surface area (Å²) in [6.45, 7) is 3.70. The molecule has 1 aliphatic rings. The first-order valence-electron chi connectivity index (χ1n) is 2.88. The third-order valence-electron chi connectivity index (χ3n) is 1.20. The number of carbonyl (C=O) groups excluding carboxylic acids is 1. The van der Waals surface area contributed by atoms with Gasteiger partial charge in [-0.25, -0.2) is 5.43 Å². The maximum Gasteiger partial charge on any atom is 0.238 e. The number of nitrogens with zero attached hydrogens (tertiary/aromatic N) is 1. The van der Waals surface area contributed by atoms with Gasteiger partial charge in [-0.15, -0.1) is 0 Å². The molecule has 46 valence electrons. The van der Waals surface area contributed by atoms with Gasteiger partial charge in [0.2, 0.25) is 5.91 Å². The van der Waals surface area contributed by atoms with Gasteiger partial charge in [0.1, 0.15) is 0 Å². The molecule has 1 rings (SSSR count). The van der Waals surface area contributed by atoms with Gasteiger partial charge in [-0.3, -0.25) is 9.80 Å². The fraction of sp³-hybridized carbons (Fsp3) is 0.800. The van der Waals surface area contributed by atoms with Crippen molar-refractivity contribution >= 4 is 5.91 Å². The van der Waals surface area contributed by atoms with Crippen molar-refractivity contribution in [2.75, 3.05) is 13.1 Å². The van der Waals surface area contributed by atoms with E-state index < -0.39 is 0 Å². The van der Waals surface area contributed by atoms with Gasteiger partial charge in [0.05, 0.1) is 0 Å². The molecule has 0 atom stereocenters. The highest BCUT2D eigenvalue weighted by Crippen LogP contribution is 2.02. The Bertz CT molecular complexity index is 103. The van der Waals surface area contributed by atoms with Crippen LogP contribution in [0.15, 0.2) is 0 Å². The van der Waals surface area contributed by atoms with E-state index in [0.29, 0.717) is 6.42 Å². The second-order valence-electron chi connectivity index (χ2n) is 1.81. The summed E-state index contributed by atoms with van der Waals surface area (Å²) in [7, 11) is 0. The lowest BCUT2D eigenvalue weighted by molar-refractivity contribution is -0.144. The Balaban J connectivity index is 2.17. The quantitative estimate of drug-likeness (QED) is 0.502. The zero-order valence-corrected chi connectivity index (χ0v) is 4.98. The highest BCUT2D eigenvalue weighted by Gasteiger charge is 2.21. The number of hydrogen-bond donors (Lipinski definition) is 1. The maximum atomic E-state index is 10.5. The second kappa shape index (κ2) is 2.13. The van der Waals surface area contributed by atoms with Crippen LogP contribution in [0.5, 0.6) is 0 Å². The molecule has 0 aromatic carbocycles. The van der Waals surface area contributed by atoms with Crippen LogP contribution in [0, 0.1) is 0 Å². The van der Waals surface area contributed by atoms with Crippen molar-refractivity contribution in [2.24, 2.45) is 0 Å². The highest BCUT2D eigenvalue weighted by molar-refractivity contribution is 5.80. The normalized spacial score (nSPS) is 18.6. The maximum absolute atomic E-state index is 10.5. The minimum atomic E-state index is 0.215. The number of β-lactam (4-membered cyclic amide) rings is 1. The van der Waals surface area contributed by atoms with Gasteiger partial charge in [0.15, 0.2) is 0 Å². The fourth-order valence-corrected chi connectivity index (χ4v) is 0.673. The van der Waals surface area contributed by atoms with Gasteiger partial charge in [-0.2, -0.15) is 0 Å². The molecule has 0 spiro atoms. The molecule has 1 fully saturated rings. The summed E-state index contributed by atoms with van der Waals surface area (Å²) >= 11 is 0. The predicted molar refractivity (Wildman–Crippen MR) is 30.0 cm³/mol. The van der Waals surface area contributed by atoms with E-state index in [1.807, 2.05) is 6.92 Å². The lowest BCUT2D eigenvalue weighted by Crippen LogP contribution is -2.51. The minimum absolute atomic E-state index is 0.215. The first-order valence-corrected chi connectivity index (χ1v) is 2.88. The molecule has 1 heterocycles. The first-order chi connectivity index (χ1) is 3.84. The van der Waals surface area contributed by atoms with Gasteiger partial charge in [-0.1, -0.05) is 6.92 Å². The molecule has 1 aliphatic heterocycles. The Hall–Kier alpha value is -0.570. The average molecular weight is 114 g/mol. The SMILES string of the molecule is CCNN1CCC1=O. The lowest BCUT2D eigenvalue weighted by Gasteiger charge is -2.30. The summed E-state index contributed by atoms with van der Waals surface area (Å²) in [6.07, 6.45) is 0.715. The largest absolute Gasteiger partial charge is 0.277 e. The van der Waals surface area contributed by atoms with Crippen molar-refractivity contribution in [3.8, 4) is 0 Å². The molecule has 0 bridgehead atoms. The van der Waals surface area contributed by atoms with E-state index in [2.05, 4.69) is 5.43 Å². The molecule has 1 saturated heterocycles. The van der Waals surface area contributed by atoms with Crippen molar-refractivity contribution < 1.29 is 4.79 Å². The van der Waals surface area contributed by atoms with Crippen LogP contribution in [0.4, 0.5) is 0 Å². The first kappa shape index (κ1) is 5.56. The summed E-state index contributed by atoms with van der Waals surface area (Å²) < 4.78 is 0. The Morgan fingerprint density at radius 2 is 2.62 bits per heavy atom. The smallest absolute Gasteiger partial charge is 0.238 e. The van der Waals surface area contributed by atoms with Crippen LogP contribution in [0.3, 0.4) is 0 Å². The van der Waals surface area contributed by atoms with E-state index in [1.165, 1.54) is 0 Å². The van der Waals surface area contributed by atoms with Crippen LogP contribution in [0.1, 0.15) is 13.3 Å². The predicted octanol–water partition coefficient (Wildman–Crippen LogP) is -0.257. The standard InChI is InChI=1S/C5H10N2O/c1-2-6-7-4-3-5(7)8/h6H,2-4H2,1H3. The number of hydrazine groups is 1. The lowest BCUT2D eigenvalue weighted by atomic mass is 10.2. The van der Waals surface area contributed by atoms with Gasteiger partial charge in [0, 0.05) is 19.5 Å². The molecule has 0 aliphatic carbocycles. The van der Waals surface area contributed by atoms with Gasteiger partial charge in [0.25, 0.3) is 0 Å². The van der Waals surface area contributed by atoms with Crippen LogP contribution >= 0.6 is 0 Å². The summed E-state index contributed by atoms with van der Waals surface area (Å²) in [4.78, 5) is 10.5. The van der Waals surface area contributed by atoms with E-state index in [1.54, 1.807) is 5.01 Å². The molecule has 3 nitrogen and oxygen atoms in total. The van der Waals surface area contributed by atoms with E-state index in [0.717, 1.165) is 13.1 Å². The van der Waals surface area contributed by atoms with Crippen molar-refractivity contribution in [3.63, 3.8) is 0 Å². The van der Waals surface area contributed by atoms with Gasteiger partial charge >= 0.3 is 0 Å². The molecular weight excluding hydrogens is 104 g/mol.